The summed E-state index contributed by atoms with van der Waals surface area (Å²) >= 11 is 0. The Hall–Kier alpha value is -1.06. The molecule has 102 valence electrons. The molecule has 4 nitrogen and oxygen atoms in total. The van der Waals surface area contributed by atoms with E-state index >= 15 is 0 Å². The second-order valence-electron chi connectivity index (χ2n) is 6.16. The summed E-state index contributed by atoms with van der Waals surface area (Å²) in [6.45, 7) is 5.99. The van der Waals surface area contributed by atoms with Crippen molar-refractivity contribution in [3.63, 3.8) is 0 Å². The lowest BCUT2D eigenvalue weighted by atomic mass is 9.72. The van der Waals surface area contributed by atoms with E-state index in [0.29, 0.717) is 6.42 Å². The maximum Gasteiger partial charge on any atom is 0.307 e. The average Bonchev–Trinajstić information content (AvgIpc) is 2.27. The molecule has 0 aromatic heterocycles. The smallest absolute Gasteiger partial charge is 0.307 e. The van der Waals surface area contributed by atoms with Crippen LogP contribution in [0.5, 0.6) is 0 Å². The van der Waals surface area contributed by atoms with Gasteiger partial charge in [0.1, 0.15) is 0 Å². The maximum absolute atomic E-state index is 12.4. The number of amides is 1. The number of carboxylic acid groups (broad SMARTS) is 1. The number of nitrogens with zero attached hydrogens (tertiary/aromatic N) is 1. The van der Waals surface area contributed by atoms with Crippen LogP contribution >= 0.6 is 0 Å². The average molecular weight is 253 g/mol. The molecule has 1 saturated carbocycles. The fourth-order valence-electron chi connectivity index (χ4n) is 3.12. The number of hydrogen-bond acceptors (Lipinski definition) is 2. The predicted molar refractivity (Wildman–Crippen MR) is 68.1 cm³/mol. The van der Waals surface area contributed by atoms with Gasteiger partial charge in [-0.25, -0.2) is 0 Å². The number of aliphatic carboxylic acids is 1. The molecule has 0 spiro atoms. The molecule has 1 aliphatic heterocycles. The molecule has 0 radical (unpaired) electrons. The van der Waals surface area contributed by atoms with Crippen molar-refractivity contribution in [1.29, 1.82) is 0 Å². The molecule has 1 aliphatic carbocycles. The Morgan fingerprint density at radius 2 is 2.00 bits per heavy atom. The molecule has 3 atom stereocenters. The Morgan fingerprint density at radius 1 is 1.33 bits per heavy atom. The van der Waals surface area contributed by atoms with Crippen molar-refractivity contribution >= 4 is 11.9 Å². The van der Waals surface area contributed by atoms with Gasteiger partial charge in [0.25, 0.3) is 0 Å². The first-order valence-electron chi connectivity index (χ1n) is 6.98. The summed E-state index contributed by atoms with van der Waals surface area (Å²) in [6.07, 6.45) is 4.68. The van der Waals surface area contributed by atoms with Crippen molar-refractivity contribution in [3.8, 4) is 0 Å². The van der Waals surface area contributed by atoms with E-state index < -0.39 is 11.9 Å². The van der Waals surface area contributed by atoms with Crippen LogP contribution in [0, 0.1) is 17.3 Å². The molecule has 1 N–H and O–H groups in total. The zero-order valence-electron chi connectivity index (χ0n) is 11.3. The Kier molecular flexibility index (Phi) is 3.64. The predicted octanol–water partition coefficient (Wildman–Crippen LogP) is 2.14. The number of rotatable bonds is 3. The van der Waals surface area contributed by atoms with Gasteiger partial charge in [0.15, 0.2) is 0 Å². The molecule has 0 aromatic rings. The van der Waals surface area contributed by atoms with Gasteiger partial charge in [-0.15, -0.1) is 0 Å². The molecule has 4 heteroatoms. The number of carbonyl (C=O) groups excluding carboxylic acids is 1. The molecule has 1 saturated heterocycles. The van der Waals surface area contributed by atoms with E-state index in [-0.39, 0.29) is 17.2 Å². The van der Waals surface area contributed by atoms with Gasteiger partial charge in [-0.1, -0.05) is 13.8 Å². The number of carbonyl (C=O) groups is 2. The lowest BCUT2D eigenvalue weighted by Gasteiger charge is -2.43. The second-order valence-corrected chi connectivity index (χ2v) is 6.16. The van der Waals surface area contributed by atoms with Crippen LogP contribution in [0.25, 0.3) is 0 Å². The Bertz CT molecular complexity index is 355. The first-order chi connectivity index (χ1) is 8.47. The topological polar surface area (TPSA) is 57.6 Å². The largest absolute Gasteiger partial charge is 0.481 e. The summed E-state index contributed by atoms with van der Waals surface area (Å²) in [5.41, 5.74) is 0.219. The van der Waals surface area contributed by atoms with Crippen LogP contribution in [0.4, 0.5) is 0 Å². The number of hydrogen-bond donors (Lipinski definition) is 1. The summed E-state index contributed by atoms with van der Waals surface area (Å²) in [5.74, 6) is -1.43. The highest BCUT2D eigenvalue weighted by Crippen LogP contribution is 2.39. The maximum atomic E-state index is 12.4. The Morgan fingerprint density at radius 3 is 2.50 bits per heavy atom. The summed E-state index contributed by atoms with van der Waals surface area (Å²) < 4.78 is 0. The molecule has 0 bridgehead atoms. The van der Waals surface area contributed by atoms with Gasteiger partial charge < -0.3 is 10.0 Å². The van der Waals surface area contributed by atoms with Crippen LogP contribution in [-0.2, 0) is 9.59 Å². The number of carboxylic acids is 1. The fraction of sp³-hybridized carbons (Fsp3) is 0.857. The summed E-state index contributed by atoms with van der Waals surface area (Å²) in [7, 11) is 0. The molecule has 2 aliphatic rings. The zero-order chi connectivity index (χ0) is 13.3. The minimum Gasteiger partial charge on any atom is -0.481 e. The highest BCUT2D eigenvalue weighted by atomic mass is 16.4. The van der Waals surface area contributed by atoms with E-state index in [9.17, 15) is 9.59 Å². The third kappa shape index (κ3) is 2.38. The Balaban J connectivity index is 1.99. The molecule has 2 rings (SSSR count). The van der Waals surface area contributed by atoms with Crippen molar-refractivity contribution in [2.45, 2.75) is 46.0 Å². The normalized spacial score (nSPS) is 36.0. The van der Waals surface area contributed by atoms with Gasteiger partial charge in [-0.05, 0) is 37.5 Å². The standard InChI is InChI=1S/C14H23NO3/c1-3-14(2)7-4-8-15(9-14)12(16)10-5-6-11(10)13(17)18/h10-11H,3-9H2,1-2H3,(H,17,18). The van der Waals surface area contributed by atoms with E-state index in [2.05, 4.69) is 13.8 Å². The van der Waals surface area contributed by atoms with E-state index in [0.717, 1.165) is 32.4 Å². The lowest BCUT2D eigenvalue weighted by Crippen LogP contribution is -2.51. The minimum absolute atomic E-state index is 0.0769. The quantitative estimate of drug-likeness (QED) is 0.838. The highest BCUT2D eigenvalue weighted by molar-refractivity contribution is 5.86. The monoisotopic (exact) mass is 253 g/mol. The highest BCUT2D eigenvalue weighted by Gasteiger charge is 2.44. The third-order valence-electron chi connectivity index (χ3n) is 4.85. The third-order valence-corrected chi connectivity index (χ3v) is 4.85. The zero-order valence-corrected chi connectivity index (χ0v) is 11.3. The summed E-state index contributed by atoms with van der Waals surface area (Å²) in [6, 6.07) is 0. The van der Waals surface area contributed by atoms with E-state index in [1.165, 1.54) is 6.42 Å². The summed E-state index contributed by atoms with van der Waals surface area (Å²) in [4.78, 5) is 25.3. The lowest BCUT2D eigenvalue weighted by molar-refractivity contribution is -0.158. The van der Waals surface area contributed by atoms with Crippen LogP contribution in [0.1, 0.15) is 46.0 Å². The molecular formula is C14H23NO3. The van der Waals surface area contributed by atoms with Gasteiger partial charge in [-0.3, -0.25) is 9.59 Å². The van der Waals surface area contributed by atoms with Gasteiger partial charge in [0.05, 0.1) is 11.8 Å². The van der Waals surface area contributed by atoms with Crippen LogP contribution in [0.2, 0.25) is 0 Å². The van der Waals surface area contributed by atoms with Crippen molar-refractivity contribution in [2.24, 2.45) is 17.3 Å². The molecule has 18 heavy (non-hydrogen) atoms. The minimum atomic E-state index is -0.810. The van der Waals surface area contributed by atoms with Crippen LogP contribution in [0.15, 0.2) is 0 Å². The Labute approximate surface area is 108 Å². The fourth-order valence-corrected chi connectivity index (χ4v) is 3.12. The first kappa shape index (κ1) is 13.4. The van der Waals surface area contributed by atoms with Gasteiger partial charge in [0, 0.05) is 13.1 Å². The molecular weight excluding hydrogens is 230 g/mol. The van der Waals surface area contributed by atoms with Crippen LogP contribution in [0.3, 0.4) is 0 Å². The molecule has 0 aromatic carbocycles. The van der Waals surface area contributed by atoms with Crippen molar-refractivity contribution < 1.29 is 14.7 Å². The number of likely N-dealkylation sites (tertiary alicyclic amines) is 1. The molecule has 1 amide bonds. The molecule has 1 heterocycles. The van der Waals surface area contributed by atoms with Crippen molar-refractivity contribution in [2.75, 3.05) is 13.1 Å². The van der Waals surface area contributed by atoms with Crippen molar-refractivity contribution in [3.05, 3.63) is 0 Å². The van der Waals surface area contributed by atoms with Crippen LogP contribution < -0.4 is 0 Å². The van der Waals surface area contributed by atoms with E-state index in [4.69, 9.17) is 5.11 Å². The molecule has 3 unspecified atom stereocenters. The summed E-state index contributed by atoms with van der Waals surface area (Å²) in [5, 5.41) is 9.03. The SMILES string of the molecule is CCC1(C)CCCN(C(=O)C2CCC2C(=O)O)C1. The molecule has 2 fully saturated rings. The van der Waals surface area contributed by atoms with Crippen molar-refractivity contribution in [1.82, 2.24) is 4.90 Å². The van der Waals surface area contributed by atoms with E-state index in [1.54, 1.807) is 0 Å². The van der Waals surface area contributed by atoms with Gasteiger partial charge >= 0.3 is 5.97 Å². The second kappa shape index (κ2) is 4.90. The van der Waals surface area contributed by atoms with Gasteiger partial charge in [-0.2, -0.15) is 0 Å². The van der Waals surface area contributed by atoms with Crippen LogP contribution in [-0.4, -0.2) is 35.0 Å². The van der Waals surface area contributed by atoms with E-state index in [1.807, 2.05) is 4.90 Å². The number of piperidine rings is 1. The first-order valence-corrected chi connectivity index (χ1v) is 6.98. The van der Waals surface area contributed by atoms with Gasteiger partial charge in [0.2, 0.25) is 5.91 Å².